The van der Waals surface area contributed by atoms with Crippen molar-refractivity contribution in [2.24, 2.45) is 10.7 Å². The summed E-state index contributed by atoms with van der Waals surface area (Å²) in [6.45, 7) is 8.87. The Morgan fingerprint density at radius 2 is 2.44 bits per heavy atom. The molecule has 1 spiro atoms. The van der Waals surface area contributed by atoms with Crippen LogP contribution < -0.4 is 5.73 Å². The van der Waals surface area contributed by atoms with E-state index in [1.807, 2.05) is 6.08 Å². The first-order chi connectivity index (χ1) is 7.59. The van der Waals surface area contributed by atoms with E-state index in [4.69, 9.17) is 5.73 Å². The van der Waals surface area contributed by atoms with Crippen molar-refractivity contribution in [2.75, 3.05) is 26.7 Å². The normalized spacial score (nSPS) is 35.5. The molecule has 2 N–H and O–H groups in total. The summed E-state index contributed by atoms with van der Waals surface area (Å²) in [5.41, 5.74) is 6.12. The minimum Gasteiger partial charge on any atom is -0.370 e. The molecular weight excluding hydrogens is 200 g/mol. The third-order valence-corrected chi connectivity index (χ3v) is 4.05. The fraction of sp³-hybridized carbons (Fsp3) is 0.750. The second kappa shape index (κ2) is 4.09. The number of likely N-dealkylation sites (tertiary alicyclic amines) is 1. The molecule has 90 valence electrons. The molecule has 0 radical (unpaired) electrons. The van der Waals surface area contributed by atoms with Crippen LogP contribution in [0.2, 0.25) is 0 Å². The van der Waals surface area contributed by atoms with Gasteiger partial charge in [0.05, 0.1) is 12.1 Å². The molecule has 2 aliphatic rings. The summed E-state index contributed by atoms with van der Waals surface area (Å²) in [5, 5.41) is 0. The minimum absolute atomic E-state index is 0.157. The third-order valence-electron chi connectivity index (χ3n) is 4.05. The number of rotatable bonds is 2. The van der Waals surface area contributed by atoms with Crippen molar-refractivity contribution in [3.63, 3.8) is 0 Å². The molecule has 4 nitrogen and oxygen atoms in total. The number of aliphatic imine (C=N–C) groups is 1. The Morgan fingerprint density at radius 3 is 3.06 bits per heavy atom. The summed E-state index contributed by atoms with van der Waals surface area (Å²) < 4.78 is 0. The molecular formula is C12H22N4. The average Bonchev–Trinajstić information content (AvgIpc) is 2.54. The average molecular weight is 222 g/mol. The number of nitrogens with zero attached hydrogens (tertiary/aromatic N) is 3. The molecule has 0 aromatic carbocycles. The Labute approximate surface area is 97.8 Å². The minimum atomic E-state index is 0.157. The van der Waals surface area contributed by atoms with Gasteiger partial charge in [0.1, 0.15) is 0 Å². The number of hydrogen-bond acceptors (Lipinski definition) is 4. The largest absolute Gasteiger partial charge is 0.370 e. The number of guanidine groups is 1. The van der Waals surface area contributed by atoms with Crippen LogP contribution in [0.1, 0.15) is 19.8 Å². The predicted octanol–water partition coefficient (Wildman–Crippen LogP) is 0.656. The number of piperidine rings is 1. The lowest BCUT2D eigenvalue weighted by Gasteiger charge is -2.47. The van der Waals surface area contributed by atoms with Gasteiger partial charge in [0.25, 0.3) is 0 Å². The quantitative estimate of drug-likeness (QED) is 0.698. The van der Waals surface area contributed by atoms with Gasteiger partial charge >= 0.3 is 0 Å². The lowest BCUT2D eigenvalue weighted by molar-refractivity contribution is 0.0687. The summed E-state index contributed by atoms with van der Waals surface area (Å²) in [6, 6.07) is 0.599. The van der Waals surface area contributed by atoms with Crippen LogP contribution in [0.15, 0.2) is 17.6 Å². The first-order valence-electron chi connectivity index (χ1n) is 5.98. The molecule has 0 bridgehead atoms. The van der Waals surface area contributed by atoms with Gasteiger partial charge in [0.2, 0.25) is 0 Å². The fourth-order valence-electron chi connectivity index (χ4n) is 2.86. The molecule has 0 saturated carbocycles. The van der Waals surface area contributed by atoms with Crippen molar-refractivity contribution in [1.29, 1.82) is 0 Å². The molecule has 16 heavy (non-hydrogen) atoms. The number of hydrogen-bond donors (Lipinski definition) is 1. The van der Waals surface area contributed by atoms with E-state index in [2.05, 4.69) is 35.3 Å². The van der Waals surface area contributed by atoms with Gasteiger partial charge in [-0.25, -0.2) is 0 Å². The van der Waals surface area contributed by atoms with E-state index < -0.39 is 0 Å². The second-order valence-electron chi connectivity index (χ2n) is 5.08. The third kappa shape index (κ3) is 1.71. The van der Waals surface area contributed by atoms with Crippen molar-refractivity contribution in [3.05, 3.63) is 12.7 Å². The van der Waals surface area contributed by atoms with Crippen molar-refractivity contribution in [3.8, 4) is 0 Å². The van der Waals surface area contributed by atoms with Gasteiger partial charge in [-0.05, 0) is 26.8 Å². The summed E-state index contributed by atoms with van der Waals surface area (Å²) >= 11 is 0. The Bertz CT molecular complexity index is 312. The van der Waals surface area contributed by atoms with Crippen LogP contribution in [-0.4, -0.2) is 54.0 Å². The highest BCUT2D eigenvalue weighted by Crippen LogP contribution is 2.35. The van der Waals surface area contributed by atoms with Crippen LogP contribution in [0.3, 0.4) is 0 Å². The van der Waals surface area contributed by atoms with E-state index in [1.165, 1.54) is 0 Å². The second-order valence-corrected chi connectivity index (χ2v) is 5.08. The van der Waals surface area contributed by atoms with Crippen LogP contribution in [0, 0.1) is 0 Å². The zero-order chi connectivity index (χ0) is 11.8. The molecule has 0 amide bonds. The maximum Gasteiger partial charge on any atom is 0.192 e. The summed E-state index contributed by atoms with van der Waals surface area (Å²) in [6.07, 6.45) is 4.20. The molecule has 1 fully saturated rings. The van der Waals surface area contributed by atoms with Crippen molar-refractivity contribution < 1.29 is 0 Å². The van der Waals surface area contributed by atoms with Crippen molar-refractivity contribution in [2.45, 2.75) is 31.3 Å². The molecule has 0 aromatic rings. The Hall–Kier alpha value is -1.03. The first kappa shape index (κ1) is 11.5. The van der Waals surface area contributed by atoms with Crippen LogP contribution in [0.5, 0.6) is 0 Å². The van der Waals surface area contributed by atoms with Crippen molar-refractivity contribution in [1.82, 2.24) is 9.80 Å². The van der Waals surface area contributed by atoms with E-state index >= 15 is 0 Å². The molecule has 2 heterocycles. The molecule has 4 heteroatoms. The van der Waals surface area contributed by atoms with Gasteiger partial charge in [-0.2, -0.15) is 0 Å². The SMILES string of the molecule is C=CCN1C(N)=NCC12CCN(C)C(C)C2. The maximum atomic E-state index is 5.97. The highest BCUT2D eigenvalue weighted by atomic mass is 15.4. The summed E-state index contributed by atoms with van der Waals surface area (Å²) in [4.78, 5) is 9.07. The Kier molecular flexibility index (Phi) is 2.93. The standard InChI is InChI=1S/C12H22N4/c1-4-6-16-11(13)14-9-12(16)5-7-15(3)10(2)8-12/h4,10H,1,5-9H2,2-3H3,(H2,13,14). The first-order valence-corrected chi connectivity index (χ1v) is 5.98. The fourth-order valence-corrected chi connectivity index (χ4v) is 2.86. The Balaban J connectivity index is 2.16. The van der Waals surface area contributed by atoms with E-state index in [-0.39, 0.29) is 5.54 Å². The zero-order valence-electron chi connectivity index (χ0n) is 10.3. The van der Waals surface area contributed by atoms with E-state index in [0.29, 0.717) is 12.0 Å². The predicted molar refractivity (Wildman–Crippen MR) is 67.4 cm³/mol. The lowest BCUT2D eigenvalue weighted by Crippen LogP contribution is -2.58. The van der Waals surface area contributed by atoms with Gasteiger partial charge < -0.3 is 15.5 Å². The molecule has 0 aliphatic carbocycles. The molecule has 2 atom stereocenters. The highest BCUT2D eigenvalue weighted by Gasteiger charge is 2.45. The summed E-state index contributed by atoms with van der Waals surface area (Å²) in [7, 11) is 2.19. The number of nitrogens with two attached hydrogens (primary N) is 1. The van der Waals surface area contributed by atoms with Crippen molar-refractivity contribution >= 4 is 5.96 Å². The van der Waals surface area contributed by atoms with Gasteiger partial charge in [-0.15, -0.1) is 6.58 Å². The smallest absolute Gasteiger partial charge is 0.192 e. The van der Waals surface area contributed by atoms with Crippen LogP contribution in [0.4, 0.5) is 0 Å². The van der Waals surface area contributed by atoms with Gasteiger partial charge in [0.15, 0.2) is 5.96 Å². The topological polar surface area (TPSA) is 44.9 Å². The molecule has 2 unspecified atom stereocenters. The van der Waals surface area contributed by atoms with E-state index in [0.717, 1.165) is 32.5 Å². The monoisotopic (exact) mass is 222 g/mol. The van der Waals surface area contributed by atoms with Gasteiger partial charge in [-0.3, -0.25) is 4.99 Å². The maximum absolute atomic E-state index is 5.97. The zero-order valence-corrected chi connectivity index (χ0v) is 10.3. The molecule has 1 saturated heterocycles. The van der Waals surface area contributed by atoms with Crippen LogP contribution >= 0.6 is 0 Å². The summed E-state index contributed by atoms with van der Waals surface area (Å²) in [5.74, 6) is 0.691. The van der Waals surface area contributed by atoms with Crippen LogP contribution in [0.25, 0.3) is 0 Å². The van der Waals surface area contributed by atoms with Crippen LogP contribution in [-0.2, 0) is 0 Å². The van der Waals surface area contributed by atoms with E-state index in [1.54, 1.807) is 0 Å². The Morgan fingerprint density at radius 1 is 1.69 bits per heavy atom. The van der Waals surface area contributed by atoms with E-state index in [9.17, 15) is 0 Å². The molecule has 2 aliphatic heterocycles. The highest BCUT2D eigenvalue weighted by molar-refractivity contribution is 5.81. The van der Waals surface area contributed by atoms with Gasteiger partial charge in [-0.1, -0.05) is 6.08 Å². The molecule has 0 aromatic heterocycles. The van der Waals surface area contributed by atoms with Gasteiger partial charge in [0, 0.05) is 19.1 Å². The lowest BCUT2D eigenvalue weighted by atomic mass is 9.83. The molecule has 2 rings (SSSR count).